The maximum Gasteiger partial charge on any atom is 0.460 e. The van der Waals surface area contributed by atoms with Crippen LogP contribution in [-0.2, 0) is 16.0 Å². The van der Waals surface area contributed by atoms with Gasteiger partial charge in [-0.2, -0.15) is 48.3 Å². The van der Waals surface area contributed by atoms with Gasteiger partial charge in [0, 0.05) is 13.0 Å². The third kappa shape index (κ3) is 8.41. The molecule has 0 aliphatic heterocycles. The van der Waals surface area contributed by atoms with Crippen molar-refractivity contribution in [3.63, 3.8) is 0 Å². The molecule has 0 bridgehead atoms. The summed E-state index contributed by atoms with van der Waals surface area (Å²) in [5, 5.41) is 9.18. The highest BCUT2D eigenvalue weighted by atomic mass is 19.4. The third-order valence-electron chi connectivity index (χ3n) is 6.14. The molecule has 0 aliphatic carbocycles. The Labute approximate surface area is 253 Å². The predicted octanol–water partition coefficient (Wildman–Crippen LogP) is 6.71. The minimum atomic E-state index is -7.67. The number of alkyl halides is 11. The predicted molar refractivity (Wildman–Crippen MR) is 135 cm³/mol. The maximum absolute atomic E-state index is 14.6. The number of para-hydroxylation sites is 2. The van der Waals surface area contributed by atoms with Gasteiger partial charge >= 0.3 is 41.9 Å². The van der Waals surface area contributed by atoms with Gasteiger partial charge in [0.05, 0.1) is 20.2 Å². The molecule has 0 radical (unpaired) electrons. The number of carboxylic acid groups (broad SMARTS) is 1. The zero-order valence-electron chi connectivity index (χ0n) is 23.7. The van der Waals surface area contributed by atoms with Gasteiger partial charge < -0.3 is 24.1 Å². The molecule has 19 heteroatoms. The third-order valence-corrected chi connectivity index (χ3v) is 6.14. The van der Waals surface area contributed by atoms with Crippen LogP contribution in [0, 0.1) is 0 Å². The number of hydrogen-bond acceptors (Lipinski definition) is 6. The van der Waals surface area contributed by atoms with Gasteiger partial charge in [-0.25, -0.2) is 9.59 Å². The molecule has 1 atom stereocenters. The molecule has 0 aliphatic rings. The van der Waals surface area contributed by atoms with Crippen LogP contribution in [0.25, 0.3) is 0 Å². The van der Waals surface area contributed by atoms with E-state index in [1.54, 1.807) is 6.92 Å². The van der Waals surface area contributed by atoms with Gasteiger partial charge in [0.15, 0.2) is 17.6 Å². The normalized spacial score (nSPS) is 13.6. The van der Waals surface area contributed by atoms with Gasteiger partial charge in [0.1, 0.15) is 12.4 Å². The zero-order chi connectivity index (χ0) is 35.1. The van der Waals surface area contributed by atoms with Gasteiger partial charge in [-0.05, 0) is 36.8 Å². The average Bonchev–Trinajstić information content (AvgIpc) is 2.96. The molecular formula is C27H26F11NO7. The maximum atomic E-state index is 14.6. The molecule has 2 aromatic carbocycles. The lowest BCUT2D eigenvalue weighted by atomic mass is 9.97. The van der Waals surface area contributed by atoms with Crippen LogP contribution in [0.15, 0.2) is 48.5 Å². The number of rotatable bonds is 16. The summed E-state index contributed by atoms with van der Waals surface area (Å²) in [4.78, 5) is 23.6. The Morgan fingerprint density at radius 2 is 1.39 bits per heavy atom. The van der Waals surface area contributed by atoms with Crippen LogP contribution in [-0.4, -0.2) is 91.5 Å². The summed E-state index contributed by atoms with van der Waals surface area (Å²) in [6.45, 7) is -3.18. The molecule has 0 saturated heterocycles. The highest BCUT2D eigenvalue weighted by Crippen LogP contribution is 2.57. The van der Waals surface area contributed by atoms with Crippen LogP contribution in [0.4, 0.5) is 53.1 Å². The van der Waals surface area contributed by atoms with E-state index in [1.807, 2.05) is 0 Å². The second-order valence-electron chi connectivity index (χ2n) is 9.34. The van der Waals surface area contributed by atoms with Crippen LogP contribution in [0.2, 0.25) is 0 Å². The summed E-state index contributed by atoms with van der Waals surface area (Å²) in [6, 6.07) is 10.1. The number of ether oxygens (including phenoxy) is 4. The number of hydrogen-bond donors (Lipinski definition) is 1. The molecule has 1 N–H and O–H groups in total. The summed E-state index contributed by atoms with van der Waals surface area (Å²) in [5.74, 6) is -31.0. The van der Waals surface area contributed by atoms with Crippen molar-refractivity contribution < 1.29 is 81.9 Å². The Morgan fingerprint density at radius 3 is 1.89 bits per heavy atom. The second-order valence-corrected chi connectivity index (χ2v) is 9.34. The van der Waals surface area contributed by atoms with E-state index in [1.165, 1.54) is 42.5 Å². The number of carbonyl (C=O) groups is 2. The van der Waals surface area contributed by atoms with Gasteiger partial charge in [0.25, 0.3) is 0 Å². The highest BCUT2D eigenvalue weighted by Gasteiger charge is 2.87. The fourth-order valence-electron chi connectivity index (χ4n) is 3.67. The lowest BCUT2D eigenvalue weighted by molar-refractivity contribution is -0.422. The summed E-state index contributed by atoms with van der Waals surface area (Å²) in [5.41, 5.74) is 0.439. The summed E-state index contributed by atoms with van der Waals surface area (Å²) < 4.78 is 169. The number of methoxy groups -OCH3 is 1. The summed E-state index contributed by atoms with van der Waals surface area (Å²) in [6.07, 6.45) is -10.6. The van der Waals surface area contributed by atoms with E-state index in [9.17, 15) is 63.0 Å². The minimum absolute atomic E-state index is 0.0569. The van der Waals surface area contributed by atoms with E-state index in [2.05, 4.69) is 0 Å². The number of benzene rings is 2. The van der Waals surface area contributed by atoms with Gasteiger partial charge in [0.2, 0.25) is 0 Å². The van der Waals surface area contributed by atoms with Gasteiger partial charge in [-0.15, -0.1) is 0 Å². The SMILES string of the molecule is CCOC(Cc1ccc(OCCN(CC(F)(F)C(F)(F)C(F)(F)C(F)(F)C(F)(F)F)C(=O)Oc2ccccc2OC)cc1)C(=O)O. The standard InChI is InChI=1S/C27H26F11NO7/c1-3-44-20(21(40)41)14-16-8-10-17(11-9-16)45-13-12-39(22(42)46-19-7-5-4-6-18(19)43-2)15-23(28,29)24(30,31)25(32,33)26(34,35)27(36,37)38/h4-11,20H,3,12-15H2,1-2H3,(H,40,41). The minimum Gasteiger partial charge on any atom is -0.493 e. The lowest BCUT2D eigenvalue weighted by Gasteiger charge is -2.38. The Bertz CT molecular complexity index is 1320. The first-order valence-corrected chi connectivity index (χ1v) is 12.9. The van der Waals surface area contributed by atoms with E-state index >= 15 is 0 Å². The van der Waals surface area contributed by atoms with E-state index in [4.69, 9.17) is 18.9 Å². The van der Waals surface area contributed by atoms with Crippen molar-refractivity contribution in [1.82, 2.24) is 4.90 Å². The number of aliphatic carboxylic acids is 1. The molecule has 0 aromatic heterocycles. The molecule has 46 heavy (non-hydrogen) atoms. The summed E-state index contributed by atoms with van der Waals surface area (Å²) >= 11 is 0. The molecular weight excluding hydrogens is 659 g/mol. The molecule has 1 unspecified atom stereocenters. The fraction of sp³-hybridized carbons (Fsp3) is 0.481. The van der Waals surface area contributed by atoms with E-state index in [-0.39, 0.29) is 29.4 Å². The number of nitrogens with zero attached hydrogens (tertiary/aromatic N) is 1. The smallest absolute Gasteiger partial charge is 0.460 e. The number of carboxylic acids is 1. The molecule has 2 aromatic rings. The number of carbonyl (C=O) groups excluding carboxylic acids is 1. The van der Waals surface area contributed by atoms with Crippen molar-refractivity contribution in [2.24, 2.45) is 0 Å². The largest absolute Gasteiger partial charge is 0.493 e. The average molecular weight is 685 g/mol. The first kappa shape index (κ1) is 38.2. The van der Waals surface area contributed by atoms with Crippen LogP contribution < -0.4 is 14.2 Å². The zero-order valence-corrected chi connectivity index (χ0v) is 23.7. The van der Waals surface area contributed by atoms with Crippen molar-refractivity contribution in [2.75, 3.05) is 33.4 Å². The van der Waals surface area contributed by atoms with E-state index < -0.39 is 73.5 Å². The Kier molecular flexibility index (Phi) is 12.1. The van der Waals surface area contributed by atoms with E-state index in [0.29, 0.717) is 5.56 Å². The van der Waals surface area contributed by atoms with E-state index in [0.717, 1.165) is 13.2 Å². The highest BCUT2D eigenvalue weighted by molar-refractivity contribution is 5.73. The fourth-order valence-corrected chi connectivity index (χ4v) is 3.67. The van der Waals surface area contributed by atoms with Crippen LogP contribution >= 0.6 is 0 Å². The van der Waals surface area contributed by atoms with Crippen LogP contribution in [0.5, 0.6) is 17.2 Å². The second kappa shape index (κ2) is 14.6. The van der Waals surface area contributed by atoms with Crippen molar-refractivity contribution in [2.45, 2.75) is 49.3 Å². The van der Waals surface area contributed by atoms with Crippen LogP contribution in [0.1, 0.15) is 12.5 Å². The Hall–Kier alpha value is -4.03. The quantitative estimate of drug-likeness (QED) is 0.197. The van der Waals surface area contributed by atoms with Crippen molar-refractivity contribution in [1.29, 1.82) is 0 Å². The van der Waals surface area contributed by atoms with Crippen molar-refractivity contribution >= 4 is 12.1 Å². The molecule has 0 spiro atoms. The summed E-state index contributed by atoms with van der Waals surface area (Å²) in [7, 11) is 1.08. The van der Waals surface area contributed by atoms with Crippen molar-refractivity contribution in [3.8, 4) is 17.2 Å². The monoisotopic (exact) mass is 685 g/mol. The van der Waals surface area contributed by atoms with Gasteiger partial charge in [-0.1, -0.05) is 24.3 Å². The number of amides is 1. The molecule has 258 valence electrons. The van der Waals surface area contributed by atoms with Crippen molar-refractivity contribution in [3.05, 3.63) is 54.1 Å². The molecule has 0 fully saturated rings. The topological polar surface area (TPSA) is 94.5 Å². The van der Waals surface area contributed by atoms with Crippen LogP contribution in [0.3, 0.4) is 0 Å². The first-order chi connectivity index (χ1) is 21.1. The molecule has 2 rings (SSSR count). The van der Waals surface area contributed by atoms with Gasteiger partial charge in [-0.3, -0.25) is 4.90 Å². The molecule has 0 heterocycles. The Morgan fingerprint density at radius 1 is 0.826 bits per heavy atom. The lowest BCUT2D eigenvalue weighted by Crippen LogP contribution is -2.68. The molecule has 1 amide bonds. The molecule has 0 saturated carbocycles. The number of halogens is 11. The first-order valence-electron chi connectivity index (χ1n) is 12.9. The Balaban J connectivity index is 2.31. The molecule has 8 nitrogen and oxygen atoms in total.